The van der Waals surface area contributed by atoms with Crippen LogP contribution in [0.25, 0.3) is 11.4 Å². The van der Waals surface area contributed by atoms with E-state index >= 15 is 0 Å². The number of carbonyl (C=O) groups is 1. The fraction of sp³-hybridized carbons (Fsp3) is 0.375. The monoisotopic (exact) mass is 285 g/mol. The Kier molecular flexibility index (Phi) is 4.01. The number of aromatic amines is 1. The Morgan fingerprint density at radius 1 is 1.43 bits per heavy atom. The quantitative estimate of drug-likeness (QED) is 0.857. The first-order valence-corrected chi connectivity index (χ1v) is 7.24. The number of hydrogen-bond donors (Lipinski definition) is 2. The standard InChI is InChI=1S/C16H19N3O2/c1-11(21-10-12-2-3-12)16(20)19-14-6-4-13(5-7-14)15-17-8-9-18-15/h4-9,11-12H,2-3,10H2,1H3,(H,17,18)(H,19,20)/t11-/m1/s1. The fourth-order valence-corrected chi connectivity index (χ4v) is 2.02. The lowest BCUT2D eigenvalue weighted by Gasteiger charge is -2.13. The van der Waals surface area contributed by atoms with E-state index < -0.39 is 6.10 Å². The average Bonchev–Trinajstić information content (AvgIpc) is 3.17. The van der Waals surface area contributed by atoms with Crippen LogP contribution in [0.15, 0.2) is 36.7 Å². The van der Waals surface area contributed by atoms with Gasteiger partial charge in [0.15, 0.2) is 0 Å². The molecule has 5 heteroatoms. The molecule has 0 saturated heterocycles. The van der Waals surface area contributed by atoms with E-state index in [0.29, 0.717) is 12.5 Å². The van der Waals surface area contributed by atoms with Crippen molar-refractivity contribution in [3.63, 3.8) is 0 Å². The third kappa shape index (κ3) is 3.70. The van der Waals surface area contributed by atoms with Gasteiger partial charge in [0.2, 0.25) is 0 Å². The molecule has 0 aliphatic heterocycles. The van der Waals surface area contributed by atoms with Crippen LogP contribution in [-0.2, 0) is 9.53 Å². The molecule has 1 aliphatic carbocycles. The summed E-state index contributed by atoms with van der Waals surface area (Å²) in [5.41, 5.74) is 1.74. The van der Waals surface area contributed by atoms with Gasteiger partial charge in [0.25, 0.3) is 5.91 Å². The number of amides is 1. The molecule has 1 saturated carbocycles. The third-order valence-corrected chi connectivity index (χ3v) is 3.57. The zero-order valence-electron chi connectivity index (χ0n) is 12.0. The van der Waals surface area contributed by atoms with Crippen LogP contribution in [0, 0.1) is 5.92 Å². The minimum atomic E-state index is -0.421. The molecule has 1 aromatic heterocycles. The lowest BCUT2D eigenvalue weighted by atomic mass is 10.2. The minimum absolute atomic E-state index is 0.110. The molecule has 1 aliphatic rings. The summed E-state index contributed by atoms with van der Waals surface area (Å²) >= 11 is 0. The molecular formula is C16H19N3O2. The van der Waals surface area contributed by atoms with E-state index in [1.807, 2.05) is 24.3 Å². The number of H-pyrrole nitrogens is 1. The lowest BCUT2D eigenvalue weighted by molar-refractivity contribution is -0.126. The number of ether oxygens (including phenoxy) is 1. The first kappa shape index (κ1) is 13.8. The van der Waals surface area contributed by atoms with Crippen LogP contribution >= 0.6 is 0 Å². The van der Waals surface area contributed by atoms with Gasteiger partial charge in [-0.15, -0.1) is 0 Å². The van der Waals surface area contributed by atoms with Crippen molar-refractivity contribution in [3.8, 4) is 11.4 Å². The molecule has 0 unspecified atom stereocenters. The molecular weight excluding hydrogens is 266 g/mol. The second kappa shape index (κ2) is 6.10. The smallest absolute Gasteiger partial charge is 0.253 e. The van der Waals surface area contributed by atoms with Crippen molar-refractivity contribution in [2.24, 2.45) is 5.92 Å². The molecule has 0 spiro atoms. The van der Waals surface area contributed by atoms with Crippen LogP contribution < -0.4 is 5.32 Å². The molecule has 1 fully saturated rings. The molecule has 2 N–H and O–H groups in total. The van der Waals surface area contributed by atoms with E-state index in [1.54, 1.807) is 19.3 Å². The van der Waals surface area contributed by atoms with E-state index in [9.17, 15) is 4.79 Å². The largest absolute Gasteiger partial charge is 0.368 e. The van der Waals surface area contributed by atoms with Gasteiger partial charge in [-0.3, -0.25) is 4.79 Å². The van der Waals surface area contributed by atoms with Crippen molar-refractivity contribution >= 4 is 11.6 Å². The van der Waals surface area contributed by atoms with E-state index in [1.165, 1.54) is 12.8 Å². The zero-order chi connectivity index (χ0) is 14.7. The van der Waals surface area contributed by atoms with E-state index in [0.717, 1.165) is 17.1 Å². The van der Waals surface area contributed by atoms with Crippen molar-refractivity contribution in [1.82, 2.24) is 9.97 Å². The van der Waals surface area contributed by atoms with Crippen LogP contribution in [0.5, 0.6) is 0 Å². The van der Waals surface area contributed by atoms with Crippen LogP contribution in [-0.4, -0.2) is 28.6 Å². The number of rotatable bonds is 6. The molecule has 1 aromatic carbocycles. The number of hydrogen-bond acceptors (Lipinski definition) is 3. The number of imidazole rings is 1. The predicted molar refractivity (Wildman–Crippen MR) is 80.8 cm³/mol. The van der Waals surface area contributed by atoms with Gasteiger partial charge in [0, 0.05) is 23.6 Å². The Morgan fingerprint density at radius 3 is 2.81 bits per heavy atom. The maximum absolute atomic E-state index is 12.0. The van der Waals surface area contributed by atoms with Gasteiger partial charge in [-0.05, 0) is 49.9 Å². The second-order valence-corrected chi connectivity index (χ2v) is 5.42. The number of nitrogens with zero attached hydrogens (tertiary/aromatic N) is 1. The van der Waals surface area contributed by atoms with Crippen molar-refractivity contribution in [1.29, 1.82) is 0 Å². The highest BCUT2D eigenvalue weighted by Crippen LogP contribution is 2.29. The number of anilines is 1. The molecule has 1 atom stereocenters. The number of benzene rings is 1. The van der Waals surface area contributed by atoms with Crippen molar-refractivity contribution in [3.05, 3.63) is 36.7 Å². The summed E-state index contributed by atoms with van der Waals surface area (Å²) in [6.45, 7) is 2.47. The SMILES string of the molecule is C[C@@H](OCC1CC1)C(=O)Nc1ccc(-c2ncc[nH]2)cc1. The number of carbonyl (C=O) groups excluding carboxylic acids is 1. The van der Waals surface area contributed by atoms with Crippen LogP contribution in [0.3, 0.4) is 0 Å². The fourth-order valence-electron chi connectivity index (χ4n) is 2.02. The highest BCUT2D eigenvalue weighted by molar-refractivity contribution is 5.94. The van der Waals surface area contributed by atoms with E-state index in [-0.39, 0.29) is 5.91 Å². The number of aromatic nitrogens is 2. The van der Waals surface area contributed by atoms with Crippen molar-refractivity contribution in [2.45, 2.75) is 25.9 Å². The van der Waals surface area contributed by atoms with Crippen LogP contribution in [0.4, 0.5) is 5.69 Å². The molecule has 5 nitrogen and oxygen atoms in total. The van der Waals surface area contributed by atoms with Gasteiger partial charge >= 0.3 is 0 Å². The van der Waals surface area contributed by atoms with Crippen LogP contribution in [0.1, 0.15) is 19.8 Å². The maximum Gasteiger partial charge on any atom is 0.253 e. The summed E-state index contributed by atoms with van der Waals surface area (Å²) in [6.07, 6.45) is 5.52. The molecule has 2 aromatic rings. The Balaban J connectivity index is 1.55. The van der Waals surface area contributed by atoms with Gasteiger partial charge in [-0.2, -0.15) is 0 Å². The predicted octanol–water partition coefficient (Wildman–Crippen LogP) is 2.83. The summed E-state index contributed by atoms with van der Waals surface area (Å²) < 4.78 is 5.56. The molecule has 1 heterocycles. The Labute approximate surface area is 123 Å². The Hall–Kier alpha value is -2.14. The van der Waals surface area contributed by atoms with Crippen LogP contribution in [0.2, 0.25) is 0 Å². The zero-order valence-corrected chi connectivity index (χ0v) is 12.0. The highest BCUT2D eigenvalue weighted by Gasteiger charge is 2.24. The molecule has 0 radical (unpaired) electrons. The first-order chi connectivity index (χ1) is 10.2. The summed E-state index contributed by atoms with van der Waals surface area (Å²) in [4.78, 5) is 19.2. The van der Waals surface area contributed by atoms with Gasteiger partial charge in [0.05, 0.1) is 6.61 Å². The van der Waals surface area contributed by atoms with Crippen molar-refractivity contribution < 1.29 is 9.53 Å². The summed E-state index contributed by atoms with van der Waals surface area (Å²) in [6, 6.07) is 7.57. The molecule has 0 bridgehead atoms. The maximum atomic E-state index is 12.0. The van der Waals surface area contributed by atoms with Crippen molar-refractivity contribution in [2.75, 3.05) is 11.9 Å². The summed E-state index contributed by atoms with van der Waals surface area (Å²) in [5.74, 6) is 1.36. The van der Waals surface area contributed by atoms with E-state index in [4.69, 9.17) is 4.74 Å². The molecule has 3 rings (SSSR count). The Bertz CT molecular complexity index is 588. The van der Waals surface area contributed by atoms with Gasteiger partial charge < -0.3 is 15.0 Å². The van der Waals surface area contributed by atoms with E-state index in [2.05, 4.69) is 15.3 Å². The normalized spacial score (nSPS) is 15.7. The van der Waals surface area contributed by atoms with Gasteiger partial charge in [-0.1, -0.05) is 0 Å². The van der Waals surface area contributed by atoms with Gasteiger partial charge in [-0.25, -0.2) is 4.98 Å². The second-order valence-electron chi connectivity index (χ2n) is 5.42. The highest BCUT2D eigenvalue weighted by atomic mass is 16.5. The lowest BCUT2D eigenvalue weighted by Crippen LogP contribution is -2.28. The number of nitrogens with one attached hydrogen (secondary N) is 2. The molecule has 21 heavy (non-hydrogen) atoms. The third-order valence-electron chi connectivity index (χ3n) is 3.57. The Morgan fingerprint density at radius 2 is 2.19 bits per heavy atom. The average molecular weight is 285 g/mol. The molecule has 110 valence electrons. The topological polar surface area (TPSA) is 67.0 Å². The van der Waals surface area contributed by atoms with Gasteiger partial charge in [0.1, 0.15) is 11.9 Å². The summed E-state index contributed by atoms with van der Waals surface area (Å²) in [7, 11) is 0. The molecule has 1 amide bonds. The first-order valence-electron chi connectivity index (χ1n) is 7.24. The summed E-state index contributed by atoms with van der Waals surface area (Å²) in [5, 5.41) is 2.86. The minimum Gasteiger partial charge on any atom is -0.368 e.